The second-order valence-corrected chi connectivity index (χ2v) is 6.20. The molecular formula is C16H15N3O3S. The third kappa shape index (κ3) is 3.45. The number of esters is 1. The SMILES string of the molecule is Cc1nc(CC(=O)OC(C)c2nc3ccccc3c(=O)[nH]2)cs1. The van der Waals surface area contributed by atoms with Gasteiger partial charge in [0, 0.05) is 5.38 Å². The number of carbonyl (C=O) groups is 1. The molecular weight excluding hydrogens is 314 g/mol. The Morgan fingerprint density at radius 3 is 2.87 bits per heavy atom. The smallest absolute Gasteiger partial charge is 0.312 e. The third-order valence-corrected chi connectivity index (χ3v) is 4.14. The highest BCUT2D eigenvalue weighted by molar-refractivity contribution is 7.09. The van der Waals surface area contributed by atoms with E-state index in [9.17, 15) is 9.59 Å². The van der Waals surface area contributed by atoms with Crippen LogP contribution >= 0.6 is 11.3 Å². The normalized spacial score (nSPS) is 12.3. The predicted octanol–water partition coefficient (Wildman–Crippen LogP) is 2.53. The highest BCUT2D eigenvalue weighted by Gasteiger charge is 2.16. The van der Waals surface area contributed by atoms with Gasteiger partial charge in [-0.05, 0) is 26.0 Å². The van der Waals surface area contributed by atoms with Crippen molar-refractivity contribution in [3.8, 4) is 0 Å². The number of para-hydroxylation sites is 1. The van der Waals surface area contributed by atoms with Crippen molar-refractivity contribution in [2.24, 2.45) is 0 Å². The zero-order valence-electron chi connectivity index (χ0n) is 12.7. The van der Waals surface area contributed by atoms with Crippen LogP contribution in [0.15, 0.2) is 34.4 Å². The minimum absolute atomic E-state index is 0.104. The van der Waals surface area contributed by atoms with E-state index in [0.29, 0.717) is 22.4 Å². The van der Waals surface area contributed by atoms with Crippen LogP contribution < -0.4 is 5.56 Å². The molecule has 2 aromatic heterocycles. The summed E-state index contributed by atoms with van der Waals surface area (Å²) in [5, 5.41) is 3.24. The van der Waals surface area contributed by atoms with Crippen molar-refractivity contribution >= 4 is 28.2 Å². The Labute approximate surface area is 136 Å². The molecule has 0 bridgehead atoms. The van der Waals surface area contributed by atoms with E-state index in [1.54, 1.807) is 31.2 Å². The van der Waals surface area contributed by atoms with Crippen molar-refractivity contribution < 1.29 is 9.53 Å². The van der Waals surface area contributed by atoms with Gasteiger partial charge in [0.1, 0.15) is 0 Å². The van der Waals surface area contributed by atoms with Crippen LogP contribution in [-0.2, 0) is 16.0 Å². The van der Waals surface area contributed by atoms with Crippen LogP contribution in [0.5, 0.6) is 0 Å². The Morgan fingerprint density at radius 1 is 1.35 bits per heavy atom. The van der Waals surface area contributed by atoms with Crippen LogP contribution in [0.25, 0.3) is 10.9 Å². The lowest BCUT2D eigenvalue weighted by atomic mass is 10.2. The fraction of sp³-hybridized carbons (Fsp3) is 0.250. The molecule has 7 heteroatoms. The van der Waals surface area contributed by atoms with Crippen molar-refractivity contribution in [2.75, 3.05) is 0 Å². The first-order valence-corrected chi connectivity index (χ1v) is 8.00. The van der Waals surface area contributed by atoms with Crippen molar-refractivity contribution in [3.05, 3.63) is 56.5 Å². The molecule has 0 aliphatic carbocycles. The number of carbonyl (C=O) groups excluding carboxylic acids is 1. The van der Waals surface area contributed by atoms with E-state index < -0.39 is 12.1 Å². The predicted molar refractivity (Wildman–Crippen MR) is 87.4 cm³/mol. The summed E-state index contributed by atoms with van der Waals surface area (Å²) in [6, 6.07) is 7.03. The maximum Gasteiger partial charge on any atom is 0.312 e. The highest BCUT2D eigenvalue weighted by atomic mass is 32.1. The highest BCUT2D eigenvalue weighted by Crippen LogP contribution is 2.16. The molecule has 0 fully saturated rings. The van der Waals surface area contributed by atoms with Crippen LogP contribution in [0.3, 0.4) is 0 Å². The van der Waals surface area contributed by atoms with E-state index in [2.05, 4.69) is 15.0 Å². The Balaban J connectivity index is 1.76. The molecule has 0 aliphatic heterocycles. The molecule has 118 valence electrons. The minimum atomic E-state index is -0.639. The van der Waals surface area contributed by atoms with Crippen LogP contribution in [0.1, 0.15) is 29.6 Å². The van der Waals surface area contributed by atoms with E-state index in [4.69, 9.17) is 4.74 Å². The molecule has 0 saturated carbocycles. The number of aryl methyl sites for hydroxylation is 1. The lowest BCUT2D eigenvalue weighted by Crippen LogP contribution is -2.18. The summed E-state index contributed by atoms with van der Waals surface area (Å²) >= 11 is 1.49. The number of hydrogen-bond acceptors (Lipinski definition) is 6. The number of nitrogens with zero attached hydrogens (tertiary/aromatic N) is 2. The summed E-state index contributed by atoms with van der Waals surface area (Å²) in [4.78, 5) is 35.3. The fourth-order valence-corrected chi connectivity index (χ4v) is 2.84. The van der Waals surface area contributed by atoms with Crippen LogP contribution in [0.4, 0.5) is 0 Å². The Morgan fingerprint density at radius 2 is 2.13 bits per heavy atom. The summed E-state index contributed by atoms with van der Waals surface area (Å²) in [7, 11) is 0. The maximum absolute atomic E-state index is 12.0. The zero-order valence-corrected chi connectivity index (χ0v) is 13.5. The van der Waals surface area contributed by atoms with Gasteiger partial charge >= 0.3 is 5.97 Å². The molecule has 3 aromatic rings. The number of hydrogen-bond donors (Lipinski definition) is 1. The number of benzene rings is 1. The van der Waals surface area contributed by atoms with Crippen LogP contribution in [0.2, 0.25) is 0 Å². The Kier molecular flexibility index (Phi) is 4.20. The van der Waals surface area contributed by atoms with E-state index in [0.717, 1.165) is 5.01 Å². The van der Waals surface area contributed by atoms with Crippen molar-refractivity contribution in [1.29, 1.82) is 0 Å². The van der Waals surface area contributed by atoms with Crippen LogP contribution in [0, 0.1) is 6.92 Å². The first-order valence-electron chi connectivity index (χ1n) is 7.12. The molecule has 0 radical (unpaired) electrons. The molecule has 0 spiro atoms. The summed E-state index contributed by atoms with van der Waals surface area (Å²) in [6.45, 7) is 3.56. The van der Waals surface area contributed by atoms with Gasteiger partial charge in [-0.2, -0.15) is 0 Å². The van der Waals surface area contributed by atoms with Crippen molar-refractivity contribution in [2.45, 2.75) is 26.4 Å². The zero-order chi connectivity index (χ0) is 16.4. The van der Waals surface area contributed by atoms with Crippen molar-refractivity contribution in [3.63, 3.8) is 0 Å². The van der Waals surface area contributed by atoms with Gasteiger partial charge in [-0.25, -0.2) is 9.97 Å². The van der Waals surface area contributed by atoms with Crippen molar-refractivity contribution in [1.82, 2.24) is 15.0 Å². The van der Waals surface area contributed by atoms with E-state index in [-0.39, 0.29) is 12.0 Å². The molecule has 6 nitrogen and oxygen atoms in total. The molecule has 0 amide bonds. The third-order valence-electron chi connectivity index (χ3n) is 3.32. The second-order valence-electron chi connectivity index (χ2n) is 5.14. The minimum Gasteiger partial charge on any atom is -0.454 e. The topological polar surface area (TPSA) is 84.9 Å². The number of aromatic amines is 1. The first kappa shape index (κ1) is 15.4. The molecule has 0 aliphatic rings. The first-order chi connectivity index (χ1) is 11.0. The summed E-state index contributed by atoms with van der Waals surface area (Å²) in [5.41, 5.74) is 1.01. The van der Waals surface area contributed by atoms with Gasteiger partial charge in [0.05, 0.1) is 28.0 Å². The fourth-order valence-electron chi connectivity index (χ4n) is 2.23. The number of H-pyrrole nitrogens is 1. The average molecular weight is 329 g/mol. The van der Waals surface area contributed by atoms with Gasteiger partial charge in [-0.15, -0.1) is 11.3 Å². The second kappa shape index (κ2) is 6.29. The quantitative estimate of drug-likeness (QED) is 0.744. The molecule has 1 aromatic carbocycles. The monoisotopic (exact) mass is 329 g/mol. The number of ether oxygens (including phenoxy) is 1. The molecule has 2 heterocycles. The standard InChI is InChI=1S/C16H15N3O3S/c1-9(22-14(20)7-11-8-23-10(2)17-11)15-18-13-6-4-3-5-12(13)16(21)19-15/h3-6,8-9H,7H2,1-2H3,(H,18,19,21). The maximum atomic E-state index is 12.0. The number of fused-ring (bicyclic) bond motifs is 1. The Hall–Kier alpha value is -2.54. The lowest BCUT2D eigenvalue weighted by Gasteiger charge is -2.12. The molecule has 1 atom stereocenters. The molecule has 23 heavy (non-hydrogen) atoms. The lowest BCUT2D eigenvalue weighted by molar-refractivity contribution is -0.148. The number of aromatic nitrogens is 3. The summed E-state index contributed by atoms with van der Waals surface area (Å²) < 4.78 is 5.35. The van der Waals surface area contributed by atoms with Gasteiger partial charge < -0.3 is 9.72 Å². The summed E-state index contributed by atoms with van der Waals surface area (Å²) in [6.07, 6.45) is -0.536. The van der Waals surface area contributed by atoms with E-state index in [1.807, 2.05) is 12.3 Å². The molecule has 0 saturated heterocycles. The molecule has 1 unspecified atom stereocenters. The van der Waals surface area contributed by atoms with E-state index in [1.165, 1.54) is 11.3 Å². The van der Waals surface area contributed by atoms with Gasteiger partial charge in [-0.1, -0.05) is 12.1 Å². The molecule has 3 rings (SSSR count). The van der Waals surface area contributed by atoms with Gasteiger partial charge in [-0.3, -0.25) is 9.59 Å². The Bertz CT molecular complexity index is 916. The van der Waals surface area contributed by atoms with Gasteiger partial charge in [0.25, 0.3) is 5.56 Å². The summed E-state index contributed by atoms with van der Waals surface area (Å²) in [5.74, 6) is -0.0740. The van der Waals surface area contributed by atoms with Gasteiger partial charge in [0.15, 0.2) is 11.9 Å². The molecule has 1 N–H and O–H groups in total. The number of thiazole rings is 1. The average Bonchev–Trinajstić information content (AvgIpc) is 2.92. The van der Waals surface area contributed by atoms with E-state index >= 15 is 0 Å². The largest absolute Gasteiger partial charge is 0.454 e. The number of rotatable bonds is 4. The van der Waals surface area contributed by atoms with Crippen LogP contribution in [-0.4, -0.2) is 20.9 Å². The van der Waals surface area contributed by atoms with Gasteiger partial charge in [0.2, 0.25) is 0 Å². The number of nitrogens with one attached hydrogen (secondary N) is 1.